The van der Waals surface area contributed by atoms with Crippen LogP contribution in [0, 0.1) is 6.92 Å². The molecule has 2 N–H and O–H groups in total. The first kappa shape index (κ1) is 20.4. The minimum atomic E-state index is -2.45. The second-order valence-electron chi connectivity index (χ2n) is 6.63. The summed E-state index contributed by atoms with van der Waals surface area (Å²) < 4.78 is 26.7. The Hall–Kier alpha value is -3.29. The summed E-state index contributed by atoms with van der Waals surface area (Å²) in [7, 11) is 0. The highest BCUT2D eigenvalue weighted by atomic mass is 19.3. The van der Waals surface area contributed by atoms with Gasteiger partial charge in [0.2, 0.25) is 0 Å². The van der Waals surface area contributed by atoms with Crippen LogP contribution in [-0.4, -0.2) is 37.3 Å². The third kappa shape index (κ3) is 4.42. The van der Waals surface area contributed by atoms with Crippen LogP contribution < -0.4 is 5.32 Å². The van der Waals surface area contributed by atoms with Crippen molar-refractivity contribution >= 4 is 22.4 Å². The van der Waals surface area contributed by atoms with Crippen LogP contribution in [0.5, 0.6) is 0 Å². The number of rotatable bonds is 5. The highest BCUT2D eigenvalue weighted by Gasteiger charge is 2.12. The zero-order valence-corrected chi connectivity index (χ0v) is 16.7. The van der Waals surface area contributed by atoms with E-state index in [4.69, 9.17) is 0 Å². The Kier molecular flexibility index (Phi) is 6.21. The van der Waals surface area contributed by atoms with Crippen LogP contribution in [-0.2, 0) is 0 Å². The van der Waals surface area contributed by atoms with E-state index in [1.54, 1.807) is 12.4 Å². The molecule has 4 aromatic rings. The molecule has 0 atom stereocenters. The number of aryl methyl sites for hydroxylation is 1. The fraction of sp³-hybridized carbons (Fsp3) is 0.286. The summed E-state index contributed by atoms with van der Waals surface area (Å²) in [6.45, 7) is 9.47. The Morgan fingerprint density at radius 3 is 2.72 bits per heavy atom. The molecule has 29 heavy (non-hydrogen) atoms. The van der Waals surface area contributed by atoms with Crippen molar-refractivity contribution in [3.8, 4) is 11.1 Å². The fourth-order valence-corrected chi connectivity index (χ4v) is 2.89. The van der Waals surface area contributed by atoms with E-state index < -0.39 is 13.0 Å². The smallest absolute Gasteiger partial charge is 0.255 e. The van der Waals surface area contributed by atoms with Crippen molar-refractivity contribution in [1.82, 2.24) is 29.7 Å². The number of nitrogens with zero attached hydrogens (tertiary/aromatic N) is 4. The molecule has 0 aliphatic heterocycles. The summed E-state index contributed by atoms with van der Waals surface area (Å²) in [5.74, 6) is 0.694. The Balaban J connectivity index is 0.000000755. The molecular weight excluding hydrogens is 374 g/mol. The first-order chi connectivity index (χ1) is 13.9. The van der Waals surface area contributed by atoms with E-state index in [1.807, 2.05) is 35.9 Å². The van der Waals surface area contributed by atoms with E-state index in [2.05, 4.69) is 45.7 Å². The largest absolute Gasteiger partial charge is 0.378 e. The van der Waals surface area contributed by atoms with Crippen molar-refractivity contribution in [1.29, 1.82) is 0 Å². The van der Waals surface area contributed by atoms with Gasteiger partial charge < -0.3 is 10.3 Å². The molecule has 8 heteroatoms. The number of hydrogen-bond acceptors (Lipinski definition) is 4. The zero-order chi connectivity index (χ0) is 21.0. The summed E-state index contributed by atoms with van der Waals surface area (Å²) >= 11 is 0. The van der Waals surface area contributed by atoms with E-state index in [9.17, 15) is 8.78 Å². The average molecular weight is 398 g/mol. The predicted molar refractivity (Wildman–Crippen MR) is 112 cm³/mol. The second-order valence-corrected chi connectivity index (χ2v) is 6.63. The number of H-pyrrole nitrogens is 1. The van der Waals surface area contributed by atoms with Gasteiger partial charge in [0.25, 0.3) is 6.43 Å². The summed E-state index contributed by atoms with van der Waals surface area (Å²) in [5, 5.41) is 3.54. The van der Waals surface area contributed by atoms with Crippen molar-refractivity contribution < 1.29 is 8.78 Å². The van der Waals surface area contributed by atoms with Gasteiger partial charge in [-0.3, -0.25) is 4.40 Å². The maximum Gasteiger partial charge on any atom is 0.255 e. The van der Waals surface area contributed by atoms with Gasteiger partial charge in [0.15, 0.2) is 0 Å². The van der Waals surface area contributed by atoms with Gasteiger partial charge in [-0.05, 0) is 19.1 Å². The minimum absolute atomic E-state index is 0.396. The lowest BCUT2D eigenvalue weighted by atomic mass is 10.1. The monoisotopic (exact) mass is 398 g/mol. The maximum atomic E-state index is 12.4. The van der Waals surface area contributed by atoms with Crippen LogP contribution in [0.4, 0.5) is 8.78 Å². The van der Waals surface area contributed by atoms with E-state index in [0.29, 0.717) is 22.9 Å². The number of aromatic amines is 1. The molecule has 0 saturated heterocycles. The van der Waals surface area contributed by atoms with Crippen LogP contribution in [0.3, 0.4) is 0 Å². The molecule has 4 heterocycles. The molecule has 0 radical (unpaired) electrons. The number of fused-ring (bicyclic) bond motifs is 2. The lowest BCUT2D eigenvalue weighted by Gasteiger charge is -2.09. The quantitative estimate of drug-likeness (QED) is 0.505. The minimum Gasteiger partial charge on any atom is -0.378 e. The summed E-state index contributed by atoms with van der Waals surface area (Å²) in [6, 6.07) is 3.82. The second kappa shape index (κ2) is 8.81. The Morgan fingerprint density at radius 1 is 1.24 bits per heavy atom. The van der Waals surface area contributed by atoms with Gasteiger partial charge in [0.1, 0.15) is 17.1 Å². The predicted octanol–water partition coefficient (Wildman–Crippen LogP) is 4.82. The first-order valence-electron chi connectivity index (χ1n) is 9.44. The molecule has 4 aromatic heterocycles. The molecule has 152 valence electrons. The lowest BCUT2D eigenvalue weighted by molar-refractivity contribution is 0.151. The molecular formula is C21H24F2N6. The highest BCUT2D eigenvalue weighted by molar-refractivity contribution is 5.93. The number of nitrogens with one attached hydrogen (secondary N) is 2. The third-order valence-electron chi connectivity index (χ3n) is 4.15. The summed E-state index contributed by atoms with van der Waals surface area (Å²) in [4.78, 5) is 16.1. The van der Waals surface area contributed by atoms with Crippen molar-refractivity contribution in [3.05, 3.63) is 55.0 Å². The van der Waals surface area contributed by atoms with Gasteiger partial charge in [-0.2, -0.15) is 0 Å². The SMILES string of the molecule is C=C(NCC(F)F)c1cnc2ccc(-c3c[nH]c4nc(C)ncc34)cn12.CCC. The standard InChI is InChI=1S/C18H16F2N6.C3H8/c1-10(21-8-16(19)20)15-7-23-17-4-3-12(9-26(15)17)13-5-24-18-14(13)6-22-11(2)25-18;1-3-2/h3-7,9,16,21H,1,8H2,2H3,(H,22,24,25);3H2,1-2H3. The van der Waals surface area contributed by atoms with Crippen LogP contribution in [0.25, 0.3) is 33.5 Å². The van der Waals surface area contributed by atoms with Crippen LogP contribution in [0.1, 0.15) is 31.8 Å². The topological polar surface area (TPSA) is 70.9 Å². The van der Waals surface area contributed by atoms with Gasteiger partial charge >= 0.3 is 0 Å². The van der Waals surface area contributed by atoms with E-state index >= 15 is 0 Å². The molecule has 0 saturated carbocycles. The molecule has 0 fully saturated rings. The van der Waals surface area contributed by atoms with Gasteiger partial charge in [-0.1, -0.05) is 26.8 Å². The number of halogens is 2. The lowest BCUT2D eigenvalue weighted by Crippen LogP contribution is -2.19. The van der Waals surface area contributed by atoms with Gasteiger partial charge in [-0.15, -0.1) is 0 Å². The maximum absolute atomic E-state index is 12.4. The molecule has 0 aliphatic carbocycles. The van der Waals surface area contributed by atoms with Gasteiger partial charge in [-0.25, -0.2) is 23.7 Å². The number of pyridine rings is 1. The van der Waals surface area contributed by atoms with Gasteiger partial charge in [0.05, 0.1) is 24.1 Å². The van der Waals surface area contributed by atoms with Crippen molar-refractivity contribution in [2.24, 2.45) is 0 Å². The zero-order valence-electron chi connectivity index (χ0n) is 16.7. The molecule has 4 rings (SSSR count). The van der Waals surface area contributed by atoms with Crippen LogP contribution >= 0.6 is 0 Å². The first-order valence-corrected chi connectivity index (χ1v) is 9.44. The number of hydrogen-bond donors (Lipinski definition) is 2. The van der Waals surface area contributed by atoms with Crippen LogP contribution in [0.15, 0.2) is 43.5 Å². The average Bonchev–Trinajstić information content (AvgIpc) is 3.29. The molecule has 6 nitrogen and oxygen atoms in total. The highest BCUT2D eigenvalue weighted by Crippen LogP contribution is 2.28. The molecule has 0 aliphatic rings. The van der Waals surface area contributed by atoms with E-state index in [-0.39, 0.29) is 0 Å². The van der Waals surface area contributed by atoms with Crippen molar-refractivity contribution in [2.45, 2.75) is 33.6 Å². The molecule has 0 aromatic carbocycles. The third-order valence-corrected chi connectivity index (χ3v) is 4.15. The Labute approximate surface area is 167 Å². The fourth-order valence-electron chi connectivity index (χ4n) is 2.89. The van der Waals surface area contributed by atoms with E-state index in [0.717, 1.165) is 22.2 Å². The van der Waals surface area contributed by atoms with Crippen molar-refractivity contribution in [3.63, 3.8) is 0 Å². The number of alkyl halides is 2. The normalized spacial score (nSPS) is 11.0. The van der Waals surface area contributed by atoms with Gasteiger partial charge in [0, 0.05) is 35.1 Å². The Morgan fingerprint density at radius 2 is 2.00 bits per heavy atom. The van der Waals surface area contributed by atoms with E-state index in [1.165, 1.54) is 6.42 Å². The number of imidazole rings is 1. The molecule has 0 amide bonds. The Bertz CT molecular complexity index is 1130. The molecule has 0 unspecified atom stereocenters. The number of aromatic nitrogens is 5. The molecule has 0 spiro atoms. The summed E-state index contributed by atoms with van der Waals surface area (Å²) in [5.41, 5.74) is 4.38. The summed E-state index contributed by atoms with van der Waals surface area (Å²) in [6.07, 6.45) is 5.97. The van der Waals surface area contributed by atoms with Crippen LogP contribution in [0.2, 0.25) is 0 Å². The van der Waals surface area contributed by atoms with Crippen molar-refractivity contribution in [2.75, 3.05) is 6.54 Å². The molecule has 0 bridgehead atoms.